The number of hydrogen-bond donors (Lipinski definition) is 1. The molecule has 0 bridgehead atoms. The van der Waals surface area contributed by atoms with E-state index in [1.165, 1.54) is 17.0 Å². The van der Waals surface area contributed by atoms with Crippen LogP contribution in [-0.4, -0.2) is 52.4 Å². The van der Waals surface area contributed by atoms with Gasteiger partial charge in [-0.1, -0.05) is 18.2 Å². The standard InChI is InChI=1S/C24H26N4O5/c1-5-26(4)23(30)25-13-19-21(27-14-15-8-6-7-9-17(15)22(27)29)18-12-16(28(31)32)10-11-20(18)33-24(19,2)3/h6-12H,5,13-14H2,1-4H3,(H,25,30). The van der Waals surface area contributed by atoms with Crippen molar-refractivity contribution < 1.29 is 19.2 Å². The summed E-state index contributed by atoms with van der Waals surface area (Å²) in [7, 11) is 1.69. The Morgan fingerprint density at radius 3 is 2.64 bits per heavy atom. The van der Waals surface area contributed by atoms with Crippen LogP contribution in [0.1, 0.15) is 42.3 Å². The monoisotopic (exact) mass is 450 g/mol. The number of carbonyl (C=O) groups is 2. The molecule has 9 heteroatoms. The summed E-state index contributed by atoms with van der Waals surface area (Å²) in [6.45, 7) is 6.56. The molecule has 0 saturated heterocycles. The Bertz CT molecular complexity index is 1190. The Labute approximate surface area is 191 Å². The Morgan fingerprint density at radius 1 is 1.24 bits per heavy atom. The number of urea groups is 1. The van der Waals surface area contributed by atoms with Crippen molar-refractivity contribution in [2.24, 2.45) is 0 Å². The summed E-state index contributed by atoms with van der Waals surface area (Å²) in [6.07, 6.45) is 0. The van der Waals surface area contributed by atoms with Gasteiger partial charge in [-0.05, 0) is 38.5 Å². The molecule has 0 saturated carbocycles. The zero-order valence-corrected chi connectivity index (χ0v) is 19.0. The molecule has 0 radical (unpaired) electrons. The van der Waals surface area contributed by atoms with E-state index in [9.17, 15) is 19.7 Å². The average molecular weight is 450 g/mol. The molecule has 0 aromatic heterocycles. The highest BCUT2D eigenvalue weighted by Crippen LogP contribution is 2.45. The van der Waals surface area contributed by atoms with Gasteiger partial charge in [-0.15, -0.1) is 0 Å². The van der Waals surface area contributed by atoms with E-state index < -0.39 is 10.5 Å². The molecule has 2 aromatic carbocycles. The second-order valence-corrected chi connectivity index (χ2v) is 8.60. The maximum atomic E-state index is 13.4. The normalized spacial score (nSPS) is 16.1. The van der Waals surface area contributed by atoms with Gasteiger partial charge in [0.05, 0.1) is 17.2 Å². The molecule has 4 rings (SSSR count). The number of hydrogen-bond acceptors (Lipinski definition) is 5. The van der Waals surface area contributed by atoms with E-state index in [2.05, 4.69) is 5.32 Å². The van der Waals surface area contributed by atoms with Gasteiger partial charge in [0.1, 0.15) is 11.4 Å². The average Bonchev–Trinajstić information content (AvgIpc) is 3.11. The minimum atomic E-state index is -0.869. The minimum absolute atomic E-state index is 0.104. The van der Waals surface area contributed by atoms with Gasteiger partial charge in [0.2, 0.25) is 0 Å². The van der Waals surface area contributed by atoms with Gasteiger partial charge >= 0.3 is 6.03 Å². The second kappa shape index (κ2) is 8.23. The van der Waals surface area contributed by atoms with Crippen molar-refractivity contribution in [3.63, 3.8) is 0 Å². The molecule has 0 unspecified atom stereocenters. The van der Waals surface area contributed by atoms with E-state index >= 15 is 0 Å². The van der Waals surface area contributed by atoms with Crippen molar-refractivity contribution in [1.29, 1.82) is 0 Å². The van der Waals surface area contributed by atoms with Crippen molar-refractivity contribution >= 4 is 23.3 Å². The van der Waals surface area contributed by atoms with Crippen LogP contribution in [0.3, 0.4) is 0 Å². The largest absolute Gasteiger partial charge is 0.483 e. The minimum Gasteiger partial charge on any atom is -0.483 e. The number of rotatable bonds is 5. The molecule has 2 heterocycles. The van der Waals surface area contributed by atoms with Gasteiger partial charge in [-0.3, -0.25) is 14.9 Å². The van der Waals surface area contributed by atoms with E-state index in [1.807, 2.05) is 39.0 Å². The number of non-ortho nitro benzene ring substituents is 1. The van der Waals surface area contributed by atoms with E-state index in [4.69, 9.17) is 4.74 Å². The van der Waals surface area contributed by atoms with Crippen LogP contribution in [0.25, 0.3) is 5.70 Å². The first-order chi connectivity index (χ1) is 15.6. The molecule has 0 fully saturated rings. The Hall–Kier alpha value is -3.88. The molecule has 3 amide bonds. The number of nitro benzene ring substituents is 1. The zero-order chi connectivity index (χ0) is 23.9. The lowest BCUT2D eigenvalue weighted by Crippen LogP contribution is -2.45. The third kappa shape index (κ3) is 3.90. The number of fused-ring (bicyclic) bond motifs is 2. The van der Waals surface area contributed by atoms with Crippen molar-refractivity contribution in [3.05, 3.63) is 74.8 Å². The van der Waals surface area contributed by atoms with Gasteiger partial charge < -0.3 is 19.9 Å². The molecule has 2 aliphatic heterocycles. The maximum Gasteiger partial charge on any atom is 0.317 e. The summed E-state index contributed by atoms with van der Waals surface area (Å²) in [5, 5.41) is 14.4. The predicted molar refractivity (Wildman–Crippen MR) is 123 cm³/mol. The highest BCUT2D eigenvalue weighted by molar-refractivity contribution is 6.04. The Balaban J connectivity index is 1.87. The van der Waals surface area contributed by atoms with Crippen molar-refractivity contribution in [2.45, 2.75) is 32.9 Å². The molecule has 172 valence electrons. The van der Waals surface area contributed by atoms with Gasteiger partial charge in [-0.2, -0.15) is 0 Å². The number of nitrogens with zero attached hydrogens (tertiary/aromatic N) is 3. The fourth-order valence-corrected chi connectivity index (χ4v) is 4.17. The van der Waals surface area contributed by atoms with Crippen molar-refractivity contribution in [3.8, 4) is 5.75 Å². The smallest absolute Gasteiger partial charge is 0.317 e. The van der Waals surface area contributed by atoms with E-state index in [-0.39, 0.29) is 24.2 Å². The molecule has 0 aliphatic carbocycles. The SMILES string of the molecule is CCN(C)C(=O)NCC1=C(N2Cc3ccccc3C2=O)c2cc([N+](=O)[O-])ccc2OC1(C)C. The first-order valence-corrected chi connectivity index (χ1v) is 10.7. The summed E-state index contributed by atoms with van der Waals surface area (Å²) in [4.78, 5) is 40.0. The van der Waals surface area contributed by atoms with Crippen LogP contribution in [0.15, 0.2) is 48.0 Å². The number of nitro groups is 1. The second-order valence-electron chi connectivity index (χ2n) is 8.60. The molecule has 2 aliphatic rings. The van der Waals surface area contributed by atoms with Crippen LogP contribution in [0.2, 0.25) is 0 Å². The van der Waals surface area contributed by atoms with Gasteiger partial charge in [0.25, 0.3) is 11.6 Å². The number of benzene rings is 2. The molecule has 0 atom stereocenters. The number of carbonyl (C=O) groups excluding carboxylic acids is 2. The summed E-state index contributed by atoms with van der Waals surface area (Å²) < 4.78 is 6.20. The summed E-state index contributed by atoms with van der Waals surface area (Å²) >= 11 is 0. The summed E-state index contributed by atoms with van der Waals surface area (Å²) in [5.41, 5.74) is 2.15. The number of amides is 3. The lowest BCUT2D eigenvalue weighted by molar-refractivity contribution is -0.384. The predicted octanol–water partition coefficient (Wildman–Crippen LogP) is 3.79. The van der Waals surface area contributed by atoms with Crippen LogP contribution in [0, 0.1) is 10.1 Å². The summed E-state index contributed by atoms with van der Waals surface area (Å²) in [6, 6.07) is 11.5. The fourth-order valence-electron chi connectivity index (χ4n) is 4.17. The molecule has 9 nitrogen and oxygen atoms in total. The molecule has 0 spiro atoms. The lowest BCUT2D eigenvalue weighted by atomic mass is 9.88. The van der Waals surface area contributed by atoms with Crippen LogP contribution in [0.4, 0.5) is 10.5 Å². The van der Waals surface area contributed by atoms with E-state index in [0.717, 1.165) is 5.56 Å². The first kappa shape index (κ1) is 22.3. The number of ether oxygens (including phenoxy) is 1. The third-order valence-electron chi connectivity index (χ3n) is 6.14. The van der Waals surface area contributed by atoms with Crippen molar-refractivity contribution in [1.82, 2.24) is 15.1 Å². The van der Waals surface area contributed by atoms with Crippen molar-refractivity contribution in [2.75, 3.05) is 20.1 Å². The Morgan fingerprint density at radius 2 is 1.97 bits per heavy atom. The third-order valence-corrected chi connectivity index (χ3v) is 6.14. The zero-order valence-electron chi connectivity index (χ0n) is 19.0. The maximum absolute atomic E-state index is 13.4. The van der Waals surface area contributed by atoms with Gasteiger partial charge in [0, 0.05) is 49.0 Å². The van der Waals surface area contributed by atoms with Crippen LogP contribution in [-0.2, 0) is 6.54 Å². The Kier molecular flexibility index (Phi) is 5.57. The number of nitrogens with one attached hydrogen (secondary N) is 1. The fraction of sp³-hybridized carbons (Fsp3) is 0.333. The molecule has 33 heavy (non-hydrogen) atoms. The van der Waals surface area contributed by atoms with Gasteiger partial charge in [0.15, 0.2) is 0 Å². The van der Waals surface area contributed by atoms with Crippen LogP contribution < -0.4 is 10.1 Å². The van der Waals surface area contributed by atoms with Gasteiger partial charge in [-0.25, -0.2) is 4.79 Å². The molecule has 2 aromatic rings. The first-order valence-electron chi connectivity index (χ1n) is 10.7. The highest BCUT2D eigenvalue weighted by Gasteiger charge is 2.41. The quantitative estimate of drug-likeness (QED) is 0.551. The highest BCUT2D eigenvalue weighted by atomic mass is 16.6. The summed E-state index contributed by atoms with van der Waals surface area (Å²) in [5.74, 6) is 0.260. The molecule has 1 N–H and O–H groups in total. The molecular weight excluding hydrogens is 424 g/mol. The lowest BCUT2D eigenvalue weighted by Gasteiger charge is -2.39. The molecular formula is C24H26N4O5. The van der Waals surface area contributed by atoms with E-state index in [1.54, 1.807) is 24.1 Å². The topological polar surface area (TPSA) is 105 Å². The van der Waals surface area contributed by atoms with Crippen LogP contribution in [0.5, 0.6) is 5.75 Å². The van der Waals surface area contributed by atoms with Crippen LogP contribution >= 0.6 is 0 Å². The van der Waals surface area contributed by atoms with E-state index in [0.29, 0.717) is 41.2 Å².